The van der Waals surface area contributed by atoms with E-state index in [0.717, 1.165) is 42.1 Å². The minimum atomic E-state index is -0.0000993. The summed E-state index contributed by atoms with van der Waals surface area (Å²) in [5, 5.41) is 3.10. The van der Waals surface area contributed by atoms with Gasteiger partial charge >= 0.3 is 0 Å². The van der Waals surface area contributed by atoms with E-state index in [1.54, 1.807) is 0 Å². The van der Waals surface area contributed by atoms with Crippen molar-refractivity contribution in [2.75, 3.05) is 25.0 Å². The standard InChI is InChI=1S/C24H24N2O2/c27-24(18-26-14-15-28-23-13-7-5-11-21(23)17-26)25-22-12-6-4-10-20(22)16-19-8-2-1-3-9-19/h1-13H,14-18H2,(H,25,27). The molecule has 0 atom stereocenters. The molecule has 0 fully saturated rings. The molecule has 0 saturated carbocycles. The second-order valence-electron chi connectivity index (χ2n) is 7.03. The third-order valence-corrected chi connectivity index (χ3v) is 4.93. The van der Waals surface area contributed by atoms with Crippen LogP contribution in [0.5, 0.6) is 5.75 Å². The number of anilines is 1. The molecule has 0 aromatic heterocycles. The average molecular weight is 372 g/mol. The number of rotatable bonds is 5. The van der Waals surface area contributed by atoms with Crippen molar-refractivity contribution in [2.45, 2.75) is 13.0 Å². The second-order valence-corrected chi connectivity index (χ2v) is 7.03. The zero-order chi connectivity index (χ0) is 19.2. The molecular formula is C24H24N2O2. The number of benzene rings is 3. The van der Waals surface area contributed by atoms with Crippen LogP contribution in [0.1, 0.15) is 16.7 Å². The minimum Gasteiger partial charge on any atom is -0.492 e. The molecule has 4 rings (SSSR count). The van der Waals surface area contributed by atoms with Crippen LogP contribution in [0.25, 0.3) is 0 Å². The number of hydrogen-bond donors (Lipinski definition) is 1. The van der Waals surface area contributed by atoms with Gasteiger partial charge < -0.3 is 10.1 Å². The number of para-hydroxylation sites is 2. The first-order chi connectivity index (χ1) is 13.8. The highest BCUT2D eigenvalue weighted by atomic mass is 16.5. The van der Waals surface area contributed by atoms with E-state index in [-0.39, 0.29) is 5.91 Å². The van der Waals surface area contributed by atoms with Crippen molar-refractivity contribution in [3.63, 3.8) is 0 Å². The Bertz CT molecular complexity index is 940. The monoisotopic (exact) mass is 372 g/mol. The Labute approximate surface area is 165 Å². The molecule has 1 heterocycles. The molecule has 0 saturated heterocycles. The van der Waals surface area contributed by atoms with Gasteiger partial charge in [-0.15, -0.1) is 0 Å². The van der Waals surface area contributed by atoms with Crippen molar-refractivity contribution in [3.05, 3.63) is 95.6 Å². The Kier molecular flexibility index (Phi) is 5.69. The van der Waals surface area contributed by atoms with E-state index in [4.69, 9.17) is 4.74 Å². The highest BCUT2D eigenvalue weighted by Crippen LogP contribution is 2.23. The Morgan fingerprint density at radius 3 is 2.57 bits per heavy atom. The van der Waals surface area contributed by atoms with Crippen molar-refractivity contribution < 1.29 is 9.53 Å². The number of ether oxygens (including phenoxy) is 1. The van der Waals surface area contributed by atoms with Gasteiger partial charge in [0.2, 0.25) is 5.91 Å². The van der Waals surface area contributed by atoms with E-state index in [1.165, 1.54) is 5.56 Å². The zero-order valence-corrected chi connectivity index (χ0v) is 15.8. The number of carbonyl (C=O) groups is 1. The van der Waals surface area contributed by atoms with Gasteiger partial charge in [0.05, 0.1) is 6.54 Å². The molecule has 4 heteroatoms. The lowest BCUT2D eigenvalue weighted by atomic mass is 10.0. The van der Waals surface area contributed by atoms with Crippen LogP contribution >= 0.6 is 0 Å². The van der Waals surface area contributed by atoms with Crippen molar-refractivity contribution >= 4 is 11.6 Å². The van der Waals surface area contributed by atoms with Crippen molar-refractivity contribution in [3.8, 4) is 5.75 Å². The summed E-state index contributed by atoms with van der Waals surface area (Å²) in [5.41, 5.74) is 4.34. The van der Waals surface area contributed by atoms with Crippen LogP contribution in [0.15, 0.2) is 78.9 Å². The molecule has 3 aromatic carbocycles. The van der Waals surface area contributed by atoms with Crippen molar-refractivity contribution in [1.29, 1.82) is 0 Å². The van der Waals surface area contributed by atoms with Gasteiger partial charge in [-0.05, 0) is 29.7 Å². The van der Waals surface area contributed by atoms with Gasteiger partial charge in [-0.3, -0.25) is 9.69 Å². The van der Waals surface area contributed by atoms with E-state index in [2.05, 4.69) is 34.5 Å². The van der Waals surface area contributed by atoms with E-state index in [9.17, 15) is 4.79 Å². The van der Waals surface area contributed by atoms with Crippen LogP contribution in [-0.2, 0) is 17.8 Å². The van der Waals surface area contributed by atoms with Gasteiger partial charge in [0, 0.05) is 24.3 Å². The molecule has 142 valence electrons. The first kappa shape index (κ1) is 18.3. The number of nitrogens with one attached hydrogen (secondary N) is 1. The molecule has 1 aliphatic rings. The van der Waals surface area contributed by atoms with Crippen LogP contribution < -0.4 is 10.1 Å². The SMILES string of the molecule is O=C(CN1CCOc2ccccc2C1)Nc1ccccc1Cc1ccccc1. The lowest BCUT2D eigenvalue weighted by molar-refractivity contribution is -0.117. The second kappa shape index (κ2) is 8.72. The maximum absolute atomic E-state index is 12.7. The molecule has 0 unspecified atom stereocenters. The van der Waals surface area contributed by atoms with Crippen LogP contribution in [0.3, 0.4) is 0 Å². The smallest absolute Gasteiger partial charge is 0.238 e. The van der Waals surface area contributed by atoms with E-state index in [1.807, 2.05) is 54.6 Å². The normalized spacial score (nSPS) is 13.9. The summed E-state index contributed by atoms with van der Waals surface area (Å²) < 4.78 is 5.79. The van der Waals surface area contributed by atoms with E-state index >= 15 is 0 Å². The fourth-order valence-corrected chi connectivity index (χ4v) is 3.52. The van der Waals surface area contributed by atoms with Gasteiger partial charge in [-0.2, -0.15) is 0 Å². The molecule has 0 bridgehead atoms. The molecule has 4 nitrogen and oxygen atoms in total. The summed E-state index contributed by atoms with van der Waals surface area (Å²) in [4.78, 5) is 14.8. The summed E-state index contributed by atoms with van der Waals surface area (Å²) in [7, 11) is 0. The quantitative estimate of drug-likeness (QED) is 0.733. The van der Waals surface area contributed by atoms with Crippen molar-refractivity contribution in [1.82, 2.24) is 4.90 Å². The van der Waals surface area contributed by atoms with Gasteiger partial charge in [0.25, 0.3) is 0 Å². The lowest BCUT2D eigenvalue weighted by Crippen LogP contribution is -2.34. The Morgan fingerprint density at radius 1 is 0.929 bits per heavy atom. The van der Waals surface area contributed by atoms with Gasteiger partial charge in [0.15, 0.2) is 0 Å². The fraction of sp³-hybridized carbons (Fsp3) is 0.208. The predicted molar refractivity (Wildman–Crippen MR) is 112 cm³/mol. The number of fused-ring (bicyclic) bond motifs is 1. The van der Waals surface area contributed by atoms with Crippen LogP contribution in [-0.4, -0.2) is 30.5 Å². The highest BCUT2D eigenvalue weighted by molar-refractivity contribution is 5.93. The first-order valence-corrected chi connectivity index (χ1v) is 9.63. The van der Waals surface area contributed by atoms with Crippen LogP contribution in [0, 0.1) is 0 Å². The van der Waals surface area contributed by atoms with Gasteiger partial charge in [-0.25, -0.2) is 0 Å². The topological polar surface area (TPSA) is 41.6 Å². The Hall–Kier alpha value is -3.11. The third kappa shape index (κ3) is 4.59. The summed E-state index contributed by atoms with van der Waals surface area (Å²) in [6.45, 7) is 2.38. The first-order valence-electron chi connectivity index (χ1n) is 9.63. The zero-order valence-electron chi connectivity index (χ0n) is 15.8. The number of amides is 1. The average Bonchev–Trinajstić information content (AvgIpc) is 2.92. The maximum Gasteiger partial charge on any atom is 0.238 e. The van der Waals surface area contributed by atoms with E-state index < -0.39 is 0 Å². The molecule has 1 amide bonds. The molecule has 0 aliphatic carbocycles. The Balaban J connectivity index is 1.42. The summed E-state index contributed by atoms with van der Waals surface area (Å²) >= 11 is 0. The van der Waals surface area contributed by atoms with Crippen molar-refractivity contribution in [2.24, 2.45) is 0 Å². The molecule has 1 aliphatic heterocycles. The van der Waals surface area contributed by atoms with E-state index in [0.29, 0.717) is 13.2 Å². The molecular weight excluding hydrogens is 348 g/mol. The molecule has 0 spiro atoms. The van der Waals surface area contributed by atoms with Gasteiger partial charge in [0.1, 0.15) is 12.4 Å². The summed E-state index contributed by atoms with van der Waals surface area (Å²) in [6, 6.07) is 26.3. The fourth-order valence-electron chi connectivity index (χ4n) is 3.52. The number of carbonyl (C=O) groups excluding carboxylic acids is 1. The number of hydrogen-bond acceptors (Lipinski definition) is 3. The van der Waals surface area contributed by atoms with Crippen LogP contribution in [0.4, 0.5) is 5.69 Å². The maximum atomic E-state index is 12.7. The van der Waals surface area contributed by atoms with Gasteiger partial charge in [-0.1, -0.05) is 66.7 Å². The molecule has 0 radical (unpaired) electrons. The third-order valence-electron chi connectivity index (χ3n) is 4.93. The Morgan fingerprint density at radius 2 is 1.68 bits per heavy atom. The largest absolute Gasteiger partial charge is 0.492 e. The molecule has 28 heavy (non-hydrogen) atoms. The number of nitrogens with zero attached hydrogens (tertiary/aromatic N) is 1. The molecule has 3 aromatic rings. The van der Waals surface area contributed by atoms with Crippen LogP contribution in [0.2, 0.25) is 0 Å². The predicted octanol–water partition coefficient (Wildman–Crippen LogP) is 4.11. The molecule has 1 N–H and O–H groups in total. The lowest BCUT2D eigenvalue weighted by Gasteiger charge is -2.19. The highest BCUT2D eigenvalue weighted by Gasteiger charge is 2.18. The summed E-state index contributed by atoms with van der Waals surface area (Å²) in [5.74, 6) is 0.915. The summed E-state index contributed by atoms with van der Waals surface area (Å²) in [6.07, 6.45) is 0.794. The minimum absolute atomic E-state index is 0.0000993.